The van der Waals surface area contributed by atoms with E-state index in [0.29, 0.717) is 16.6 Å². The van der Waals surface area contributed by atoms with Crippen LogP contribution in [0.5, 0.6) is 0 Å². The van der Waals surface area contributed by atoms with Gasteiger partial charge >= 0.3 is 6.09 Å². The van der Waals surface area contributed by atoms with Crippen LogP contribution in [0.25, 0.3) is 0 Å². The first kappa shape index (κ1) is 13.3. The molecule has 3 nitrogen and oxygen atoms in total. The number of hydrogen-bond acceptors (Lipinski definition) is 2. The van der Waals surface area contributed by atoms with E-state index in [1.165, 1.54) is 4.90 Å². The van der Waals surface area contributed by atoms with Crippen molar-refractivity contribution in [2.45, 2.75) is 39.5 Å². The summed E-state index contributed by atoms with van der Waals surface area (Å²) < 4.78 is 19.6. The minimum absolute atomic E-state index is 0.259. The topological polar surface area (TPSA) is 29.5 Å². The van der Waals surface area contributed by atoms with E-state index in [0.717, 1.165) is 5.56 Å². The van der Waals surface area contributed by atoms with Crippen LogP contribution >= 0.6 is 15.9 Å². The van der Waals surface area contributed by atoms with E-state index >= 15 is 0 Å². The molecule has 98 valence electrons. The van der Waals surface area contributed by atoms with E-state index in [2.05, 4.69) is 15.9 Å². The number of benzene rings is 1. The van der Waals surface area contributed by atoms with E-state index in [9.17, 15) is 9.18 Å². The van der Waals surface area contributed by atoms with Crippen LogP contribution in [0.15, 0.2) is 16.6 Å². The number of ether oxygens (including phenoxy) is 1. The van der Waals surface area contributed by atoms with Crippen molar-refractivity contribution in [2.24, 2.45) is 0 Å². The monoisotopic (exact) mass is 315 g/mol. The Kier molecular flexibility index (Phi) is 3.36. The number of carbonyl (C=O) groups excluding carboxylic acids is 1. The van der Waals surface area contributed by atoms with Crippen LogP contribution in [-0.2, 0) is 17.8 Å². The summed E-state index contributed by atoms with van der Waals surface area (Å²) in [5.74, 6) is -0.293. The molecule has 2 rings (SSSR count). The number of nitrogens with zero attached hydrogens (tertiary/aromatic N) is 1. The Balaban J connectivity index is 2.15. The zero-order valence-corrected chi connectivity index (χ0v) is 12.2. The Morgan fingerprint density at radius 2 is 2.06 bits per heavy atom. The fourth-order valence-electron chi connectivity index (χ4n) is 1.86. The molecule has 0 aliphatic carbocycles. The summed E-state index contributed by atoms with van der Waals surface area (Å²) in [5, 5.41) is 0. The molecule has 0 saturated carbocycles. The van der Waals surface area contributed by atoms with Gasteiger partial charge in [0, 0.05) is 12.1 Å². The molecule has 18 heavy (non-hydrogen) atoms. The molecular formula is C13H15BrFNO2. The third-order valence-electron chi connectivity index (χ3n) is 2.65. The molecule has 0 N–H and O–H groups in total. The van der Waals surface area contributed by atoms with Crippen molar-refractivity contribution >= 4 is 22.0 Å². The molecule has 0 spiro atoms. The largest absolute Gasteiger partial charge is 0.444 e. The smallest absolute Gasteiger partial charge is 0.410 e. The number of fused-ring (bicyclic) bond motifs is 1. The van der Waals surface area contributed by atoms with E-state index in [1.807, 2.05) is 26.8 Å². The van der Waals surface area contributed by atoms with Gasteiger partial charge in [-0.05, 0) is 48.3 Å². The standard InChI is InChI=1S/C13H15BrFNO2/c1-13(2,3)18-12(17)16-6-8-4-5-10(14)11(15)9(8)7-16/h4-5H,6-7H2,1-3H3. The van der Waals surface area contributed by atoms with Crippen LogP contribution in [0.1, 0.15) is 31.9 Å². The second kappa shape index (κ2) is 4.53. The second-order valence-corrected chi connectivity index (χ2v) is 6.19. The van der Waals surface area contributed by atoms with Gasteiger partial charge in [0.05, 0.1) is 11.0 Å². The quantitative estimate of drug-likeness (QED) is 0.728. The van der Waals surface area contributed by atoms with Crippen LogP contribution in [0.3, 0.4) is 0 Å². The van der Waals surface area contributed by atoms with Crippen LogP contribution in [0, 0.1) is 5.82 Å². The number of hydrogen-bond donors (Lipinski definition) is 0. The van der Waals surface area contributed by atoms with Gasteiger partial charge in [0.15, 0.2) is 0 Å². The number of amides is 1. The van der Waals surface area contributed by atoms with Gasteiger partial charge in [-0.1, -0.05) is 6.07 Å². The zero-order chi connectivity index (χ0) is 13.5. The predicted molar refractivity (Wildman–Crippen MR) is 69.6 cm³/mol. The number of rotatable bonds is 0. The van der Waals surface area contributed by atoms with Gasteiger partial charge in [-0.25, -0.2) is 9.18 Å². The maximum absolute atomic E-state index is 13.9. The van der Waals surface area contributed by atoms with Gasteiger partial charge in [-0.2, -0.15) is 0 Å². The summed E-state index contributed by atoms with van der Waals surface area (Å²) in [6.45, 7) is 6.09. The predicted octanol–water partition coefficient (Wildman–Crippen LogP) is 3.84. The minimum Gasteiger partial charge on any atom is -0.444 e. The summed E-state index contributed by atoms with van der Waals surface area (Å²) in [7, 11) is 0. The Labute approximate surface area is 114 Å². The van der Waals surface area contributed by atoms with Crippen molar-refractivity contribution in [3.05, 3.63) is 33.5 Å². The van der Waals surface area contributed by atoms with Gasteiger partial charge in [0.25, 0.3) is 0 Å². The normalized spacial score (nSPS) is 14.6. The summed E-state index contributed by atoms with van der Waals surface area (Å²) in [6.07, 6.45) is -0.408. The molecule has 1 aromatic rings. The van der Waals surface area contributed by atoms with E-state index in [1.54, 1.807) is 6.07 Å². The van der Waals surface area contributed by atoms with Crippen LogP contribution in [0.2, 0.25) is 0 Å². The van der Waals surface area contributed by atoms with Crippen molar-refractivity contribution in [2.75, 3.05) is 0 Å². The minimum atomic E-state index is -0.537. The van der Waals surface area contributed by atoms with Gasteiger partial charge < -0.3 is 4.74 Å². The number of halogens is 2. The summed E-state index contributed by atoms with van der Waals surface area (Å²) in [4.78, 5) is 13.4. The van der Waals surface area contributed by atoms with Gasteiger partial charge in [0.1, 0.15) is 11.4 Å². The summed E-state index contributed by atoms with van der Waals surface area (Å²) in [6, 6.07) is 3.49. The third kappa shape index (κ3) is 2.66. The van der Waals surface area contributed by atoms with Crippen molar-refractivity contribution in [3.63, 3.8) is 0 Å². The maximum atomic E-state index is 13.9. The molecule has 0 unspecified atom stereocenters. The molecule has 0 fully saturated rings. The first-order valence-corrected chi connectivity index (χ1v) is 6.51. The molecule has 1 amide bonds. The molecule has 1 heterocycles. The molecule has 0 aromatic heterocycles. The molecule has 0 atom stereocenters. The highest BCUT2D eigenvalue weighted by Crippen LogP contribution is 2.30. The summed E-state index contributed by atoms with van der Waals surface area (Å²) in [5.41, 5.74) is 0.863. The zero-order valence-electron chi connectivity index (χ0n) is 10.6. The van der Waals surface area contributed by atoms with Crippen molar-refractivity contribution in [1.82, 2.24) is 4.90 Å². The average molecular weight is 316 g/mol. The highest BCUT2D eigenvalue weighted by Gasteiger charge is 2.29. The molecule has 1 aliphatic rings. The van der Waals surface area contributed by atoms with Gasteiger partial charge in [0.2, 0.25) is 0 Å². The van der Waals surface area contributed by atoms with Gasteiger partial charge in [-0.3, -0.25) is 4.90 Å². The summed E-state index contributed by atoms with van der Waals surface area (Å²) >= 11 is 3.14. The fraction of sp³-hybridized carbons (Fsp3) is 0.462. The van der Waals surface area contributed by atoms with Crippen molar-refractivity contribution < 1.29 is 13.9 Å². The first-order chi connectivity index (χ1) is 8.28. The lowest BCUT2D eigenvalue weighted by Gasteiger charge is -2.24. The fourth-order valence-corrected chi connectivity index (χ4v) is 2.23. The number of carbonyl (C=O) groups is 1. The lowest BCUT2D eigenvalue weighted by molar-refractivity contribution is 0.0241. The Hall–Kier alpha value is -1.10. The molecule has 1 aliphatic heterocycles. The van der Waals surface area contributed by atoms with E-state index < -0.39 is 11.7 Å². The highest BCUT2D eigenvalue weighted by atomic mass is 79.9. The molecular weight excluding hydrogens is 301 g/mol. The Morgan fingerprint density at radius 1 is 1.39 bits per heavy atom. The van der Waals surface area contributed by atoms with E-state index in [4.69, 9.17) is 4.74 Å². The maximum Gasteiger partial charge on any atom is 0.410 e. The van der Waals surface area contributed by atoms with Gasteiger partial charge in [-0.15, -0.1) is 0 Å². The van der Waals surface area contributed by atoms with Crippen LogP contribution in [-0.4, -0.2) is 16.6 Å². The third-order valence-corrected chi connectivity index (χ3v) is 3.27. The van der Waals surface area contributed by atoms with Crippen molar-refractivity contribution in [3.8, 4) is 0 Å². The van der Waals surface area contributed by atoms with Crippen molar-refractivity contribution in [1.29, 1.82) is 0 Å². The Morgan fingerprint density at radius 3 is 2.67 bits per heavy atom. The average Bonchev–Trinajstić information content (AvgIpc) is 2.66. The van der Waals surface area contributed by atoms with E-state index in [-0.39, 0.29) is 12.4 Å². The SMILES string of the molecule is CC(C)(C)OC(=O)N1Cc2ccc(Br)c(F)c2C1. The molecule has 0 saturated heterocycles. The molecule has 0 radical (unpaired) electrons. The molecule has 0 bridgehead atoms. The van der Waals surface area contributed by atoms with Crippen LogP contribution in [0.4, 0.5) is 9.18 Å². The lowest BCUT2D eigenvalue weighted by atomic mass is 10.1. The second-order valence-electron chi connectivity index (χ2n) is 5.34. The lowest BCUT2D eigenvalue weighted by Crippen LogP contribution is -2.33. The highest BCUT2D eigenvalue weighted by molar-refractivity contribution is 9.10. The Bertz CT molecular complexity index is 496. The van der Waals surface area contributed by atoms with Crippen LogP contribution < -0.4 is 0 Å². The first-order valence-electron chi connectivity index (χ1n) is 5.71. The molecule has 5 heteroatoms. The molecule has 1 aromatic carbocycles.